The fourth-order valence-electron chi connectivity index (χ4n) is 6.05. The molecule has 1 N–H and O–H groups in total. The lowest BCUT2D eigenvalue weighted by Gasteiger charge is -2.37. The monoisotopic (exact) mass is 491 g/mol. The van der Waals surface area contributed by atoms with Crippen molar-refractivity contribution in [3.63, 3.8) is 0 Å². The summed E-state index contributed by atoms with van der Waals surface area (Å²) < 4.78 is 36.6. The molecule has 4 fully saturated rings. The number of para-hydroxylation sites is 1. The minimum atomic E-state index is -0.697. The SMILES string of the molecule is CN(CC(COc1ccccc1)OC1CCCCO1)[C@@H]1[C@@H]2CC(O)O[C@@H]2C[C@H]1OC1CCCCO1. The van der Waals surface area contributed by atoms with Crippen LogP contribution in [-0.4, -0.2) is 86.6 Å². The van der Waals surface area contributed by atoms with Crippen LogP contribution in [0.15, 0.2) is 30.3 Å². The van der Waals surface area contributed by atoms with Crippen LogP contribution in [0.25, 0.3) is 0 Å². The van der Waals surface area contributed by atoms with Crippen LogP contribution in [-0.2, 0) is 23.7 Å². The minimum Gasteiger partial charge on any atom is -0.491 e. The van der Waals surface area contributed by atoms with Gasteiger partial charge in [0.2, 0.25) is 0 Å². The lowest BCUT2D eigenvalue weighted by Crippen LogP contribution is -2.49. The van der Waals surface area contributed by atoms with E-state index in [2.05, 4.69) is 11.9 Å². The van der Waals surface area contributed by atoms with Crippen LogP contribution in [0.4, 0.5) is 0 Å². The number of aliphatic hydroxyl groups excluding tert-OH is 1. The third kappa shape index (κ3) is 6.74. The van der Waals surface area contributed by atoms with Gasteiger partial charge in [-0.25, -0.2) is 0 Å². The maximum Gasteiger partial charge on any atom is 0.158 e. The molecule has 0 spiro atoms. The van der Waals surface area contributed by atoms with Gasteiger partial charge in [0, 0.05) is 44.6 Å². The second-order valence-corrected chi connectivity index (χ2v) is 10.3. The van der Waals surface area contributed by atoms with Gasteiger partial charge < -0.3 is 33.5 Å². The number of rotatable bonds is 10. The van der Waals surface area contributed by atoms with E-state index < -0.39 is 6.29 Å². The number of hydrogen-bond acceptors (Lipinski definition) is 8. The van der Waals surface area contributed by atoms with Crippen molar-refractivity contribution in [3.05, 3.63) is 30.3 Å². The first-order valence-corrected chi connectivity index (χ1v) is 13.4. The quantitative estimate of drug-likeness (QED) is 0.534. The molecule has 3 heterocycles. The molecule has 1 aromatic carbocycles. The molecule has 3 saturated heterocycles. The standard InChI is InChI=1S/C27H41NO7/c1-28(17-20(33-25-11-5-7-13-30-25)18-32-19-9-3-2-4-10-19)27-21-15-24(29)34-22(21)16-23(27)35-26-12-6-8-14-31-26/h2-4,9-10,20-27,29H,5-8,11-18H2,1H3/t20?,21-,22-,23-,24?,25?,26?,27-/m1/s1. The lowest BCUT2D eigenvalue weighted by atomic mass is 9.97. The molecule has 5 rings (SSSR count). The van der Waals surface area contributed by atoms with E-state index in [1.54, 1.807) is 0 Å². The van der Waals surface area contributed by atoms with E-state index in [9.17, 15) is 5.11 Å². The Kier molecular flexibility index (Phi) is 8.94. The van der Waals surface area contributed by atoms with Crippen molar-refractivity contribution in [1.82, 2.24) is 4.90 Å². The maximum absolute atomic E-state index is 10.2. The zero-order valence-corrected chi connectivity index (χ0v) is 20.8. The number of likely N-dealkylation sites (N-methyl/N-ethyl adjacent to an activating group) is 1. The Morgan fingerprint density at radius 1 is 1.00 bits per heavy atom. The Bertz CT molecular complexity index is 755. The third-order valence-corrected chi connectivity index (χ3v) is 7.69. The van der Waals surface area contributed by atoms with Crippen molar-refractivity contribution in [2.75, 3.05) is 33.4 Å². The van der Waals surface area contributed by atoms with Crippen LogP contribution in [0.2, 0.25) is 0 Å². The molecule has 4 unspecified atom stereocenters. The van der Waals surface area contributed by atoms with Gasteiger partial charge in [-0.3, -0.25) is 4.90 Å². The Hall–Kier alpha value is -1.26. The molecule has 35 heavy (non-hydrogen) atoms. The van der Waals surface area contributed by atoms with Crippen molar-refractivity contribution in [3.8, 4) is 5.75 Å². The second-order valence-electron chi connectivity index (χ2n) is 10.3. The molecular weight excluding hydrogens is 450 g/mol. The number of hydrogen-bond donors (Lipinski definition) is 1. The molecule has 8 nitrogen and oxygen atoms in total. The minimum absolute atomic E-state index is 0.00709. The fraction of sp³-hybridized carbons (Fsp3) is 0.778. The van der Waals surface area contributed by atoms with Crippen LogP contribution in [0.1, 0.15) is 51.4 Å². The number of aliphatic hydroxyl groups is 1. The molecule has 0 radical (unpaired) electrons. The van der Waals surface area contributed by atoms with Crippen molar-refractivity contribution in [2.24, 2.45) is 5.92 Å². The van der Waals surface area contributed by atoms with E-state index in [4.69, 9.17) is 28.4 Å². The number of fused-ring (bicyclic) bond motifs is 1. The molecule has 0 bridgehead atoms. The highest BCUT2D eigenvalue weighted by Gasteiger charge is 2.52. The molecule has 4 aliphatic rings. The first kappa shape index (κ1) is 25.4. The zero-order chi connectivity index (χ0) is 24.0. The van der Waals surface area contributed by atoms with E-state index in [-0.39, 0.29) is 42.9 Å². The van der Waals surface area contributed by atoms with E-state index >= 15 is 0 Å². The summed E-state index contributed by atoms with van der Waals surface area (Å²) in [5, 5.41) is 10.2. The Labute approximate surface area is 208 Å². The summed E-state index contributed by atoms with van der Waals surface area (Å²) in [6.45, 7) is 2.60. The highest BCUT2D eigenvalue weighted by atomic mass is 16.7. The van der Waals surface area contributed by atoms with Crippen LogP contribution in [0, 0.1) is 5.92 Å². The molecule has 0 aromatic heterocycles. The Balaban J connectivity index is 1.26. The summed E-state index contributed by atoms with van der Waals surface area (Å²) in [4.78, 5) is 2.32. The normalized spacial score (nSPS) is 36.3. The average molecular weight is 492 g/mol. The zero-order valence-electron chi connectivity index (χ0n) is 20.8. The lowest BCUT2D eigenvalue weighted by molar-refractivity contribution is -0.209. The van der Waals surface area contributed by atoms with Gasteiger partial charge in [0.25, 0.3) is 0 Å². The summed E-state index contributed by atoms with van der Waals surface area (Å²) in [7, 11) is 2.12. The summed E-state index contributed by atoms with van der Waals surface area (Å²) in [6.07, 6.45) is 6.45. The molecule has 8 atom stereocenters. The van der Waals surface area contributed by atoms with Crippen molar-refractivity contribution < 1.29 is 33.5 Å². The molecular formula is C27H41NO7. The smallest absolute Gasteiger partial charge is 0.158 e. The summed E-state index contributed by atoms with van der Waals surface area (Å²) in [6, 6.07) is 9.96. The van der Waals surface area contributed by atoms with Gasteiger partial charge in [-0.1, -0.05) is 18.2 Å². The first-order valence-electron chi connectivity index (χ1n) is 13.4. The van der Waals surface area contributed by atoms with E-state index in [0.717, 1.165) is 63.9 Å². The average Bonchev–Trinajstić information content (AvgIpc) is 3.39. The van der Waals surface area contributed by atoms with Gasteiger partial charge >= 0.3 is 0 Å². The van der Waals surface area contributed by atoms with Crippen molar-refractivity contribution in [1.29, 1.82) is 0 Å². The molecule has 1 saturated carbocycles. The topological polar surface area (TPSA) is 78.9 Å². The Morgan fingerprint density at radius 2 is 1.74 bits per heavy atom. The number of benzene rings is 1. The van der Waals surface area contributed by atoms with E-state index in [0.29, 0.717) is 19.6 Å². The van der Waals surface area contributed by atoms with Gasteiger partial charge in [-0.05, 0) is 57.7 Å². The van der Waals surface area contributed by atoms with Gasteiger partial charge in [0.15, 0.2) is 18.9 Å². The number of nitrogens with zero attached hydrogens (tertiary/aromatic N) is 1. The highest BCUT2D eigenvalue weighted by Crippen LogP contribution is 2.43. The molecule has 1 aromatic rings. The third-order valence-electron chi connectivity index (χ3n) is 7.69. The van der Waals surface area contributed by atoms with Crippen LogP contribution in [0.5, 0.6) is 5.75 Å². The van der Waals surface area contributed by atoms with Gasteiger partial charge in [0.1, 0.15) is 18.5 Å². The fourth-order valence-corrected chi connectivity index (χ4v) is 6.05. The molecule has 1 aliphatic carbocycles. The largest absolute Gasteiger partial charge is 0.491 e. The number of ether oxygens (including phenoxy) is 6. The predicted octanol–water partition coefficient (Wildman–Crippen LogP) is 3.32. The Morgan fingerprint density at radius 3 is 2.46 bits per heavy atom. The van der Waals surface area contributed by atoms with E-state index in [1.807, 2.05) is 30.3 Å². The van der Waals surface area contributed by atoms with Crippen molar-refractivity contribution >= 4 is 0 Å². The van der Waals surface area contributed by atoms with E-state index in [1.165, 1.54) is 0 Å². The van der Waals surface area contributed by atoms with Gasteiger partial charge in [0.05, 0.1) is 12.2 Å². The summed E-state index contributed by atoms with van der Waals surface area (Å²) in [5.41, 5.74) is 0. The summed E-state index contributed by atoms with van der Waals surface area (Å²) >= 11 is 0. The second kappa shape index (κ2) is 12.3. The van der Waals surface area contributed by atoms with Crippen LogP contribution < -0.4 is 4.74 Å². The summed E-state index contributed by atoms with van der Waals surface area (Å²) in [5.74, 6) is 1.04. The molecule has 8 heteroatoms. The maximum atomic E-state index is 10.2. The van der Waals surface area contributed by atoms with Crippen molar-refractivity contribution in [2.45, 2.75) is 94.6 Å². The molecule has 196 valence electrons. The van der Waals surface area contributed by atoms with Crippen LogP contribution in [0.3, 0.4) is 0 Å². The highest BCUT2D eigenvalue weighted by molar-refractivity contribution is 5.20. The van der Waals surface area contributed by atoms with Crippen LogP contribution >= 0.6 is 0 Å². The predicted molar refractivity (Wildman–Crippen MR) is 129 cm³/mol. The van der Waals surface area contributed by atoms with Gasteiger partial charge in [-0.2, -0.15) is 0 Å². The molecule has 0 amide bonds. The first-order chi connectivity index (χ1) is 17.2. The van der Waals surface area contributed by atoms with Gasteiger partial charge in [-0.15, -0.1) is 0 Å². The molecule has 3 aliphatic heterocycles.